The summed E-state index contributed by atoms with van der Waals surface area (Å²) in [5.74, 6) is -2.38. The Kier molecular flexibility index (Phi) is 21.7. The second kappa shape index (κ2) is 17.8. The molecule has 2 atom stereocenters. The van der Waals surface area contributed by atoms with Gasteiger partial charge < -0.3 is 19.8 Å². The van der Waals surface area contributed by atoms with E-state index in [0.717, 1.165) is 51.4 Å². The minimum atomic E-state index is -0.920. The average molecular weight is 311 g/mol. The van der Waals surface area contributed by atoms with Gasteiger partial charge in [0, 0.05) is 11.9 Å². The fourth-order valence-electron chi connectivity index (χ4n) is 1.64. The van der Waals surface area contributed by atoms with Crippen LogP contribution in [0.1, 0.15) is 79.1 Å². The summed E-state index contributed by atoms with van der Waals surface area (Å²) in [5.41, 5.74) is 0. The van der Waals surface area contributed by atoms with Crippen LogP contribution >= 0.6 is 0 Å². The van der Waals surface area contributed by atoms with Gasteiger partial charge >= 0.3 is 23.1 Å². The molecule has 0 rings (SSSR count). The van der Waals surface area contributed by atoms with Gasteiger partial charge in [-0.2, -0.15) is 0 Å². The number of unbranched alkanes of at least 4 members (excludes halogenated alkanes) is 4. The van der Waals surface area contributed by atoms with Crippen LogP contribution in [-0.4, -0.2) is 35.0 Å². The molecule has 0 aliphatic carbocycles. The Labute approximate surface area is 145 Å². The Morgan fingerprint density at radius 1 is 0.762 bits per heavy atom. The topological polar surface area (TPSA) is 80.3 Å². The summed E-state index contributed by atoms with van der Waals surface area (Å²) in [6.45, 7) is 7.60. The smallest absolute Gasteiger partial charge is 0.550 e. The van der Waals surface area contributed by atoms with Crippen LogP contribution in [0.2, 0.25) is 0 Å². The Morgan fingerprint density at radius 3 is 1.24 bits per heavy atom. The van der Waals surface area contributed by atoms with Crippen molar-refractivity contribution in [2.45, 2.75) is 79.1 Å². The zero-order chi connectivity index (χ0) is 16.0. The maximum absolute atomic E-state index is 10.2. The monoisotopic (exact) mass is 310 g/mol. The molecule has 0 saturated heterocycles. The van der Waals surface area contributed by atoms with Crippen molar-refractivity contribution in [3.8, 4) is 0 Å². The molecule has 0 saturated carbocycles. The van der Waals surface area contributed by atoms with Crippen molar-refractivity contribution in [2.24, 2.45) is 11.8 Å². The molecule has 0 fully saturated rings. The first kappa shape index (κ1) is 25.6. The van der Waals surface area contributed by atoms with E-state index >= 15 is 0 Å². The van der Waals surface area contributed by atoms with Crippen LogP contribution in [0.25, 0.3) is 0 Å². The Bertz CT molecular complexity index is 231. The van der Waals surface area contributed by atoms with Crippen LogP contribution in [0, 0.1) is 11.8 Å². The fourth-order valence-corrected chi connectivity index (χ4v) is 1.64. The maximum Gasteiger partial charge on any atom is 2.00 e. The van der Waals surface area contributed by atoms with Crippen molar-refractivity contribution < 1.29 is 19.8 Å². The van der Waals surface area contributed by atoms with E-state index in [9.17, 15) is 19.8 Å². The number of carboxylic acid groups (broad SMARTS) is 2. The van der Waals surface area contributed by atoms with Crippen LogP contribution < -0.4 is 10.2 Å². The predicted molar refractivity (Wildman–Crippen MR) is 82.4 cm³/mol. The molecule has 5 heteroatoms. The summed E-state index contributed by atoms with van der Waals surface area (Å²) in [4.78, 5) is 20.4. The molecule has 0 aromatic rings. The van der Waals surface area contributed by atoms with E-state index in [1.54, 1.807) is 13.8 Å². The predicted octanol–water partition coefficient (Wildman–Crippen LogP) is 1.52. The van der Waals surface area contributed by atoms with Crippen molar-refractivity contribution in [1.82, 2.24) is 0 Å². The number of hydrogen-bond acceptors (Lipinski definition) is 4. The molecule has 2 unspecified atom stereocenters. The molecule has 0 aromatic heterocycles. The third-order valence-corrected chi connectivity index (χ3v) is 3.29. The van der Waals surface area contributed by atoms with E-state index in [1.165, 1.54) is 0 Å². The van der Waals surface area contributed by atoms with Crippen molar-refractivity contribution >= 4 is 35.0 Å². The van der Waals surface area contributed by atoms with Gasteiger partial charge in [-0.05, 0) is 24.7 Å². The van der Waals surface area contributed by atoms with Crippen molar-refractivity contribution in [3.63, 3.8) is 0 Å². The molecule has 0 radical (unpaired) electrons. The molecule has 21 heavy (non-hydrogen) atoms. The first-order valence-corrected chi connectivity index (χ1v) is 7.78. The van der Waals surface area contributed by atoms with E-state index < -0.39 is 11.9 Å². The Morgan fingerprint density at radius 2 is 1.05 bits per heavy atom. The summed E-state index contributed by atoms with van der Waals surface area (Å²) in [5, 5.41) is 20.4. The molecule has 0 aromatic carbocycles. The minimum Gasteiger partial charge on any atom is -0.550 e. The van der Waals surface area contributed by atoms with E-state index in [0.29, 0.717) is 0 Å². The standard InChI is InChI=1S/2C8H16O2.Mg/c2*1-3-4-5-6-7(2)8(9)10;/h2*7H,3-6H2,1-2H3,(H,9,10);/q;;+2/p-2. The van der Waals surface area contributed by atoms with E-state index in [-0.39, 0.29) is 34.9 Å². The molecular weight excluding hydrogens is 280 g/mol. The summed E-state index contributed by atoms with van der Waals surface area (Å²) in [6, 6.07) is 0. The van der Waals surface area contributed by atoms with E-state index in [1.807, 2.05) is 0 Å². The molecular formula is C16H30MgO4. The molecule has 0 N–H and O–H groups in total. The molecule has 0 bridgehead atoms. The first-order valence-electron chi connectivity index (χ1n) is 7.78. The van der Waals surface area contributed by atoms with Crippen LogP contribution in [0.15, 0.2) is 0 Å². The maximum atomic E-state index is 10.2. The number of rotatable bonds is 10. The Hall–Kier alpha value is -0.294. The van der Waals surface area contributed by atoms with Crippen LogP contribution in [0.5, 0.6) is 0 Å². The second-order valence-corrected chi connectivity index (χ2v) is 5.43. The summed E-state index contributed by atoms with van der Waals surface area (Å²) in [6.07, 6.45) is 8.05. The SMILES string of the molecule is CCCCCC(C)C(=O)[O-].CCCCCC(C)C(=O)[O-].[Mg+2]. The average Bonchev–Trinajstić information content (AvgIpc) is 2.39. The fraction of sp³-hybridized carbons (Fsp3) is 0.875. The number of carbonyl (C=O) groups excluding carboxylic acids is 2. The molecule has 4 nitrogen and oxygen atoms in total. The third-order valence-electron chi connectivity index (χ3n) is 3.29. The van der Waals surface area contributed by atoms with Gasteiger partial charge in [0.05, 0.1) is 0 Å². The van der Waals surface area contributed by atoms with Crippen molar-refractivity contribution in [2.75, 3.05) is 0 Å². The second-order valence-electron chi connectivity index (χ2n) is 5.43. The zero-order valence-corrected chi connectivity index (χ0v) is 15.6. The summed E-state index contributed by atoms with van der Waals surface area (Å²) < 4.78 is 0. The first-order chi connectivity index (χ1) is 9.36. The van der Waals surface area contributed by atoms with Crippen LogP contribution in [0.3, 0.4) is 0 Å². The summed E-state index contributed by atoms with van der Waals surface area (Å²) in [7, 11) is 0. The van der Waals surface area contributed by atoms with Gasteiger partial charge in [0.1, 0.15) is 0 Å². The minimum absolute atomic E-state index is 0. The molecule has 0 amide bonds. The van der Waals surface area contributed by atoms with E-state index in [4.69, 9.17) is 0 Å². The van der Waals surface area contributed by atoms with Gasteiger partial charge in [0.15, 0.2) is 0 Å². The number of carbonyl (C=O) groups is 2. The van der Waals surface area contributed by atoms with Crippen LogP contribution in [-0.2, 0) is 9.59 Å². The molecule has 0 spiro atoms. The van der Waals surface area contributed by atoms with Crippen molar-refractivity contribution in [1.29, 1.82) is 0 Å². The van der Waals surface area contributed by atoms with Gasteiger partial charge in [0.25, 0.3) is 0 Å². The van der Waals surface area contributed by atoms with Crippen molar-refractivity contribution in [3.05, 3.63) is 0 Å². The van der Waals surface area contributed by atoms with Gasteiger partial charge in [0.2, 0.25) is 0 Å². The van der Waals surface area contributed by atoms with Gasteiger partial charge in [-0.25, -0.2) is 0 Å². The Balaban J connectivity index is -0.000000295. The quantitative estimate of drug-likeness (QED) is 0.452. The number of carboxylic acids is 2. The third kappa shape index (κ3) is 19.7. The molecule has 120 valence electrons. The number of hydrogen-bond donors (Lipinski definition) is 0. The van der Waals surface area contributed by atoms with Gasteiger partial charge in [-0.15, -0.1) is 0 Å². The summed E-state index contributed by atoms with van der Waals surface area (Å²) >= 11 is 0. The zero-order valence-electron chi connectivity index (χ0n) is 14.2. The van der Waals surface area contributed by atoms with Gasteiger partial charge in [-0.3, -0.25) is 0 Å². The normalized spacial score (nSPS) is 12.4. The van der Waals surface area contributed by atoms with Crippen LogP contribution in [0.4, 0.5) is 0 Å². The van der Waals surface area contributed by atoms with Gasteiger partial charge in [-0.1, -0.05) is 66.2 Å². The molecule has 0 aliphatic rings. The molecule has 0 aliphatic heterocycles. The molecule has 0 heterocycles. The number of aliphatic carboxylic acids is 2. The largest absolute Gasteiger partial charge is 2.00 e. The van der Waals surface area contributed by atoms with E-state index in [2.05, 4.69) is 13.8 Å².